The minimum atomic E-state index is -0.978. The normalized spacial score (nSPS) is 12.4. The van der Waals surface area contributed by atoms with Crippen molar-refractivity contribution in [3.05, 3.63) is 23.3 Å². The number of carbonyl (C=O) groups excluding carboxylic acids is 1. The molecule has 6 heteroatoms. The predicted molar refractivity (Wildman–Crippen MR) is 89.4 cm³/mol. The average molecular weight is 320 g/mol. The molecule has 1 heterocycles. The van der Waals surface area contributed by atoms with E-state index >= 15 is 0 Å². The van der Waals surface area contributed by atoms with Crippen LogP contribution >= 0.6 is 0 Å². The van der Waals surface area contributed by atoms with Crippen molar-refractivity contribution in [3.8, 4) is 5.88 Å². The molecule has 0 atom stereocenters. The first kappa shape index (κ1) is 18.7. The third-order valence-electron chi connectivity index (χ3n) is 3.46. The van der Waals surface area contributed by atoms with Crippen LogP contribution in [0.15, 0.2) is 17.7 Å². The summed E-state index contributed by atoms with van der Waals surface area (Å²) in [5, 5.41) is 12.1. The third-order valence-corrected chi connectivity index (χ3v) is 3.46. The van der Waals surface area contributed by atoms with Crippen molar-refractivity contribution >= 4 is 23.3 Å². The maximum absolute atomic E-state index is 12.3. The molecule has 0 saturated heterocycles. The van der Waals surface area contributed by atoms with Gasteiger partial charge in [0, 0.05) is 22.6 Å². The minimum Gasteiger partial charge on any atom is -0.481 e. The molecule has 0 spiro atoms. The number of aliphatic carboxylic acids is 1. The molecule has 0 aliphatic rings. The van der Waals surface area contributed by atoms with Gasteiger partial charge in [0.25, 0.3) is 0 Å². The van der Waals surface area contributed by atoms with Crippen LogP contribution in [0.4, 0.5) is 5.82 Å². The summed E-state index contributed by atoms with van der Waals surface area (Å²) in [7, 11) is 1.48. The molecule has 23 heavy (non-hydrogen) atoms. The topological polar surface area (TPSA) is 88.5 Å². The van der Waals surface area contributed by atoms with Gasteiger partial charge in [0.05, 0.1) is 7.11 Å². The summed E-state index contributed by atoms with van der Waals surface area (Å²) < 4.78 is 5.10. The van der Waals surface area contributed by atoms with Crippen molar-refractivity contribution in [2.75, 3.05) is 12.4 Å². The fraction of sp³-hybridized carbons (Fsp3) is 0.471. The SMILES string of the molecule is CCC(C(=O)O)=C(C)c1ccc(OC)nc1NC(=O)C(C)(C)C. The standard InChI is InChI=1S/C17H24N2O4/c1-7-11(15(20)21)10(2)12-8-9-13(23-6)18-14(12)19-16(22)17(3,4)5/h8-9H,7H2,1-6H3,(H,20,21)(H,18,19,22). The number of carboxylic acid groups (broad SMARTS) is 1. The molecule has 0 radical (unpaired) electrons. The van der Waals surface area contributed by atoms with E-state index in [4.69, 9.17) is 4.74 Å². The molecule has 1 aromatic rings. The Hall–Kier alpha value is -2.37. The van der Waals surface area contributed by atoms with Crippen LogP contribution in [0.2, 0.25) is 0 Å². The Morgan fingerprint density at radius 2 is 1.91 bits per heavy atom. The highest BCUT2D eigenvalue weighted by atomic mass is 16.5. The number of carbonyl (C=O) groups is 2. The number of hydrogen-bond donors (Lipinski definition) is 2. The smallest absolute Gasteiger partial charge is 0.331 e. The van der Waals surface area contributed by atoms with Crippen LogP contribution in [0.5, 0.6) is 5.88 Å². The van der Waals surface area contributed by atoms with Crippen molar-refractivity contribution in [2.24, 2.45) is 5.41 Å². The molecule has 0 saturated carbocycles. The van der Waals surface area contributed by atoms with Gasteiger partial charge in [-0.1, -0.05) is 27.7 Å². The van der Waals surface area contributed by atoms with Crippen molar-refractivity contribution in [1.29, 1.82) is 0 Å². The summed E-state index contributed by atoms with van der Waals surface area (Å²) in [5.41, 5.74) is 0.824. The number of pyridine rings is 1. The number of ether oxygens (including phenoxy) is 1. The Balaban J connectivity index is 3.43. The second-order valence-corrected chi connectivity index (χ2v) is 6.22. The minimum absolute atomic E-state index is 0.208. The van der Waals surface area contributed by atoms with E-state index < -0.39 is 11.4 Å². The van der Waals surface area contributed by atoms with Crippen molar-refractivity contribution in [1.82, 2.24) is 4.98 Å². The molecule has 126 valence electrons. The van der Waals surface area contributed by atoms with E-state index in [1.54, 1.807) is 46.8 Å². The molecule has 0 aliphatic heterocycles. The van der Waals surface area contributed by atoms with Gasteiger partial charge in [-0.15, -0.1) is 0 Å². The molecule has 1 aromatic heterocycles. The number of anilines is 1. The predicted octanol–water partition coefficient (Wildman–Crippen LogP) is 3.34. The number of nitrogens with zero attached hydrogens (tertiary/aromatic N) is 1. The van der Waals surface area contributed by atoms with E-state index in [9.17, 15) is 14.7 Å². The second kappa shape index (κ2) is 7.26. The summed E-state index contributed by atoms with van der Waals surface area (Å²) >= 11 is 0. The number of methoxy groups -OCH3 is 1. The molecule has 0 bridgehead atoms. The van der Waals surface area contributed by atoms with Gasteiger partial charge in [0.15, 0.2) is 0 Å². The Morgan fingerprint density at radius 3 is 2.35 bits per heavy atom. The highest BCUT2D eigenvalue weighted by Crippen LogP contribution is 2.29. The van der Waals surface area contributed by atoms with Gasteiger partial charge in [-0.3, -0.25) is 4.79 Å². The molecule has 0 fully saturated rings. The van der Waals surface area contributed by atoms with Crippen LogP contribution < -0.4 is 10.1 Å². The number of nitrogens with one attached hydrogen (secondary N) is 1. The van der Waals surface area contributed by atoms with Gasteiger partial charge in [0.1, 0.15) is 5.82 Å². The van der Waals surface area contributed by atoms with E-state index in [0.29, 0.717) is 29.3 Å². The van der Waals surface area contributed by atoms with Gasteiger partial charge in [-0.2, -0.15) is 4.98 Å². The quantitative estimate of drug-likeness (QED) is 0.812. The maximum Gasteiger partial charge on any atom is 0.331 e. The van der Waals surface area contributed by atoms with Gasteiger partial charge in [-0.25, -0.2) is 4.79 Å². The Kier molecular flexibility index (Phi) is 5.90. The van der Waals surface area contributed by atoms with E-state index in [2.05, 4.69) is 10.3 Å². The molecule has 6 nitrogen and oxygen atoms in total. The maximum atomic E-state index is 12.3. The number of aromatic nitrogens is 1. The zero-order valence-electron chi connectivity index (χ0n) is 14.5. The monoisotopic (exact) mass is 320 g/mol. The molecular formula is C17H24N2O4. The Bertz CT molecular complexity index is 642. The van der Waals surface area contributed by atoms with E-state index in [1.165, 1.54) is 7.11 Å². The third kappa shape index (κ3) is 4.55. The highest BCUT2D eigenvalue weighted by molar-refractivity contribution is 6.00. The summed E-state index contributed by atoms with van der Waals surface area (Å²) in [6.45, 7) is 8.86. The fourth-order valence-corrected chi connectivity index (χ4v) is 1.99. The lowest BCUT2D eigenvalue weighted by Gasteiger charge is -2.20. The summed E-state index contributed by atoms with van der Waals surface area (Å²) in [4.78, 5) is 27.9. The first-order valence-corrected chi connectivity index (χ1v) is 7.41. The lowest BCUT2D eigenvalue weighted by Crippen LogP contribution is -2.28. The lowest BCUT2D eigenvalue weighted by atomic mass is 9.95. The molecule has 0 aliphatic carbocycles. The summed E-state index contributed by atoms with van der Waals surface area (Å²) in [6.07, 6.45) is 0.375. The average Bonchev–Trinajstić information content (AvgIpc) is 2.46. The Labute approximate surface area is 136 Å². The van der Waals surface area contributed by atoms with Crippen molar-refractivity contribution in [3.63, 3.8) is 0 Å². The van der Waals surface area contributed by atoms with Gasteiger partial charge in [0.2, 0.25) is 11.8 Å². The van der Waals surface area contributed by atoms with Gasteiger partial charge < -0.3 is 15.2 Å². The van der Waals surface area contributed by atoms with E-state index in [-0.39, 0.29) is 11.5 Å². The number of amides is 1. The molecule has 1 amide bonds. The van der Waals surface area contributed by atoms with Crippen LogP contribution in [0.1, 0.15) is 46.6 Å². The van der Waals surface area contributed by atoms with E-state index in [0.717, 1.165) is 0 Å². The largest absolute Gasteiger partial charge is 0.481 e. The van der Waals surface area contributed by atoms with Crippen LogP contribution in [-0.4, -0.2) is 29.1 Å². The van der Waals surface area contributed by atoms with Gasteiger partial charge >= 0.3 is 5.97 Å². The molecule has 2 N–H and O–H groups in total. The zero-order chi connectivity index (χ0) is 17.8. The fourth-order valence-electron chi connectivity index (χ4n) is 1.99. The molecule has 0 aromatic carbocycles. The Morgan fingerprint density at radius 1 is 1.30 bits per heavy atom. The number of rotatable bonds is 5. The first-order valence-electron chi connectivity index (χ1n) is 7.41. The molecule has 1 rings (SSSR count). The number of carboxylic acids is 1. The molecule has 0 unspecified atom stereocenters. The molecular weight excluding hydrogens is 296 g/mol. The first-order chi connectivity index (χ1) is 10.6. The van der Waals surface area contributed by atoms with Crippen LogP contribution in [0.25, 0.3) is 5.57 Å². The van der Waals surface area contributed by atoms with Crippen molar-refractivity contribution < 1.29 is 19.4 Å². The number of allylic oxidation sites excluding steroid dienone is 1. The summed E-state index contributed by atoms with van der Waals surface area (Å²) in [5.74, 6) is -0.539. The van der Waals surface area contributed by atoms with E-state index in [1.807, 2.05) is 0 Å². The van der Waals surface area contributed by atoms with Crippen LogP contribution in [-0.2, 0) is 9.59 Å². The second-order valence-electron chi connectivity index (χ2n) is 6.22. The van der Waals surface area contributed by atoms with Gasteiger partial charge in [-0.05, 0) is 25.0 Å². The van der Waals surface area contributed by atoms with Crippen LogP contribution in [0, 0.1) is 5.41 Å². The number of hydrogen-bond acceptors (Lipinski definition) is 4. The highest BCUT2D eigenvalue weighted by Gasteiger charge is 2.24. The zero-order valence-corrected chi connectivity index (χ0v) is 14.5. The summed E-state index contributed by atoms with van der Waals surface area (Å²) in [6, 6.07) is 3.35. The van der Waals surface area contributed by atoms with Crippen LogP contribution in [0.3, 0.4) is 0 Å². The lowest BCUT2D eigenvalue weighted by molar-refractivity contribution is -0.132. The van der Waals surface area contributed by atoms with Crippen molar-refractivity contribution in [2.45, 2.75) is 41.0 Å².